The molecule has 2 nitrogen and oxygen atoms in total. The second-order valence-electron chi connectivity index (χ2n) is 13.2. The highest BCUT2D eigenvalue weighted by Crippen LogP contribution is 2.44. The van der Waals surface area contributed by atoms with E-state index < -0.39 is 0 Å². The van der Waals surface area contributed by atoms with Gasteiger partial charge in [0, 0.05) is 5.46 Å². The van der Waals surface area contributed by atoms with Gasteiger partial charge in [-0.1, -0.05) is 164 Å². The highest BCUT2D eigenvalue weighted by molar-refractivity contribution is 6.98. The third-order valence-electron chi connectivity index (χ3n) is 10.2. The zero-order chi connectivity index (χ0) is 33.7. The van der Waals surface area contributed by atoms with E-state index in [1.807, 2.05) is 6.07 Å². The fourth-order valence-corrected chi connectivity index (χ4v) is 7.81. The van der Waals surface area contributed by atoms with Crippen molar-refractivity contribution in [3.63, 3.8) is 0 Å². The summed E-state index contributed by atoms with van der Waals surface area (Å²) in [4.78, 5) is 0. The summed E-state index contributed by atoms with van der Waals surface area (Å²) in [5, 5.41) is 0. The summed E-state index contributed by atoms with van der Waals surface area (Å²) in [6.45, 7) is -0.105. The Bertz CT molecular complexity index is 2390. The van der Waals surface area contributed by atoms with Crippen molar-refractivity contribution in [2.75, 3.05) is 0 Å². The van der Waals surface area contributed by atoms with Crippen LogP contribution in [0.3, 0.4) is 0 Å². The maximum Gasteiger partial charge on any atom is 0.260 e. The van der Waals surface area contributed by atoms with Crippen LogP contribution in [0, 0.1) is 0 Å². The molecule has 0 amide bonds. The number of ether oxygens (including phenoxy) is 2. The standard InChI is InChI=1S/C48H31BO2/c1-6-16-32(17-7-1)37-26-46-48-47(27-37)51-45-31-41(36-24-14-5-15-25-36)39(34-20-10-3-11-21-34)29-43(45)49(48)42-28-38(33-18-8-2-9-19-33)40(30-44(42)50-46)35-22-12-4-13-23-35/h1-31H. The van der Waals surface area contributed by atoms with E-state index in [1.165, 1.54) is 22.3 Å². The molecule has 0 radical (unpaired) electrons. The third-order valence-corrected chi connectivity index (χ3v) is 10.2. The molecular weight excluding hydrogens is 619 g/mol. The number of rotatable bonds is 5. The van der Waals surface area contributed by atoms with Gasteiger partial charge in [0.15, 0.2) is 0 Å². The minimum atomic E-state index is -0.105. The second-order valence-corrected chi connectivity index (χ2v) is 13.2. The van der Waals surface area contributed by atoms with Crippen LogP contribution >= 0.6 is 0 Å². The normalized spacial score (nSPS) is 12.2. The van der Waals surface area contributed by atoms with E-state index in [9.17, 15) is 0 Å². The van der Waals surface area contributed by atoms with Gasteiger partial charge >= 0.3 is 0 Å². The monoisotopic (exact) mass is 650 g/mol. The van der Waals surface area contributed by atoms with E-state index >= 15 is 0 Å². The molecule has 0 aliphatic carbocycles. The van der Waals surface area contributed by atoms with Crippen molar-refractivity contribution in [3.8, 4) is 78.6 Å². The Morgan fingerprint density at radius 1 is 0.275 bits per heavy atom. The average molecular weight is 651 g/mol. The highest BCUT2D eigenvalue weighted by Gasteiger charge is 2.42. The Hall–Kier alpha value is -6.58. The van der Waals surface area contributed by atoms with Gasteiger partial charge in [-0.2, -0.15) is 0 Å². The van der Waals surface area contributed by atoms with Crippen LogP contribution in [0.4, 0.5) is 0 Å². The maximum absolute atomic E-state index is 6.98. The maximum atomic E-state index is 6.98. The molecule has 2 heterocycles. The smallest absolute Gasteiger partial charge is 0.260 e. The van der Waals surface area contributed by atoms with Gasteiger partial charge in [-0.15, -0.1) is 0 Å². The van der Waals surface area contributed by atoms with Crippen LogP contribution in [-0.4, -0.2) is 6.71 Å². The van der Waals surface area contributed by atoms with Crippen LogP contribution in [0.2, 0.25) is 0 Å². The lowest BCUT2D eigenvalue weighted by Crippen LogP contribution is -2.57. The fourth-order valence-electron chi connectivity index (χ4n) is 7.81. The SMILES string of the molecule is c1ccc(-c2cc3c4c(c2)Oc2cc(-c5ccccc5)c(-c5ccccc5)cc2B4c2cc(-c4ccccc4)c(-c4ccccc4)cc2O3)cc1. The van der Waals surface area contributed by atoms with Gasteiger partial charge in [0.2, 0.25) is 0 Å². The molecule has 0 unspecified atom stereocenters. The first-order valence-electron chi connectivity index (χ1n) is 17.5. The van der Waals surface area contributed by atoms with Crippen molar-refractivity contribution in [2.45, 2.75) is 0 Å². The quantitative estimate of drug-likeness (QED) is 0.173. The Morgan fingerprint density at radius 3 is 0.941 bits per heavy atom. The first-order chi connectivity index (χ1) is 25.3. The molecular formula is C48H31BO2. The van der Waals surface area contributed by atoms with E-state index in [1.54, 1.807) is 0 Å². The molecule has 2 aliphatic rings. The Kier molecular flexibility index (Phi) is 6.95. The topological polar surface area (TPSA) is 18.5 Å². The summed E-state index contributed by atoms with van der Waals surface area (Å²) < 4.78 is 14.0. The van der Waals surface area contributed by atoms with Gasteiger partial charge in [0.05, 0.1) is 0 Å². The largest absolute Gasteiger partial charge is 0.458 e. The lowest BCUT2D eigenvalue weighted by Gasteiger charge is -2.35. The minimum absolute atomic E-state index is 0.105. The van der Waals surface area contributed by atoms with E-state index in [2.05, 4.69) is 182 Å². The van der Waals surface area contributed by atoms with Crippen LogP contribution in [0.5, 0.6) is 23.0 Å². The average Bonchev–Trinajstić information content (AvgIpc) is 3.21. The molecule has 238 valence electrons. The lowest BCUT2D eigenvalue weighted by atomic mass is 9.34. The van der Waals surface area contributed by atoms with Gasteiger partial charge in [-0.25, -0.2) is 0 Å². The van der Waals surface area contributed by atoms with Gasteiger partial charge in [-0.3, -0.25) is 0 Å². The third kappa shape index (κ3) is 5.05. The Morgan fingerprint density at radius 2 is 0.588 bits per heavy atom. The van der Waals surface area contributed by atoms with Crippen molar-refractivity contribution in [3.05, 3.63) is 188 Å². The van der Waals surface area contributed by atoms with E-state index in [0.29, 0.717) is 0 Å². The molecule has 8 aromatic rings. The summed E-state index contributed by atoms with van der Waals surface area (Å²) >= 11 is 0. The molecule has 51 heavy (non-hydrogen) atoms. The molecule has 0 N–H and O–H groups in total. The fraction of sp³-hybridized carbons (Fsp3) is 0. The molecule has 0 atom stereocenters. The molecule has 0 fully saturated rings. The molecule has 10 rings (SSSR count). The van der Waals surface area contributed by atoms with Crippen molar-refractivity contribution >= 4 is 23.1 Å². The van der Waals surface area contributed by atoms with Crippen LogP contribution < -0.4 is 25.9 Å². The highest BCUT2D eigenvalue weighted by atomic mass is 16.5. The first-order valence-corrected chi connectivity index (χ1v) is 17.5. The summed E-state index contributed by atoms with van der Waals surface area (Å²) in [5.74, 6) is 3.38. The second kappa shape index (κ2) is 12.1. The van der Waals surface area contributed by atoms with Crippen LogP contribution in [0.25, 0.3) is 55.6 Å². The predicted octanol–water partition coefficient (Wildman–Crippen LogP) is 10.7. The summed E-state index contributed by atoms with van der Waals surface area (Å²) in [6, 6.07) is 66.7. The number of benzene rings is 8. The number of hydrogen-bond acceptors (Lipinski definition) is 2. The molecule has 0 saturated carbocycles. The van der Waals surface area contributed by atoms with E-state index in [-0.39, 0.29) is 6.71 Å². The zero-order valence-corrected chi connectivity index (χ0v) is 27.8. The first kappa shape index (κ1) is 29.4. The van der Waals surface area contributed by atoms with Gasteiger partial charge in [-0.05, 0) is 90.8 Å². The summed E-state index contributed by atoms with van der Waals surface area (Å²) in [7, 11) is 0. The van der Waals surface area contributed by atoms with Gasteiger partial charge in [0.25, 0.3) is 6.71 Å². The number of fused-ring (bicyclic) bond motifs is 4. The van der Waals surface area contributed by atoms with E-state index in [4.69, 9.17) is 9.47 Å². The molecule has 8 aromatic carbocycles. The van der Waals surface area contributed by atoms with Crippen molar-refractivity contribution in [1.29, 1.82) is 0 Å². The molecule has 0 bridgehead atoms. The van der Waals surface area contributed by atoms with Crippen LogP contribution in [0.15, 0.2) is 188 Å². The zero-order valence-electron chi connectivity index (χ0n) is 27.8. The molecule has 3 heteroatoms. The van der Waals surface area contributed by atoms with Crippen LogP contribution in [0.1, 0.15) is 0 Å². The summed E-state index contributed by atoms with van der Waals surface area (Å²) in [5.41, 5.74) is 14.8. The molecule has 0 saturated heterocycles. The Labute approximate surface area is 298 Å². The van der Waals surface area contributed by atoms with Gasteiger partial charge < -0.3 is 9.47 Å². The van der Waals surface area contributed by atoms with Gasteiger partial charge in [0.1, 0.15) is 23.0 Å². The van der Waals surface area contributed by atoms with E-state index in [0.717, 1.165) is 72.8 Å². The predicted molar refractivity (Wildman–Crippen MR) is 211 cm³/mol. The molecule has 0 aromatic heterocycles. The number of hydrogen-bond donors (Lipinski definition) is 0. The van der Waals surface area contributed by atoms with Crippen molar-refractivity contribution in [1.82, 2.24) is 0 Å². The Balaban J connectivity index is 1.27. The molecule has 2 aliphatic heterocycles. The molecule has 0 spiro atoms. The summed E-state index contributed by atoms with van der Waals surface area (Å²) in [6.07, 6.45) is 0. The van der Waals surface area contributed by atoms with Crippen molar-refractivity contribution in [2.24, 2.45) is 0 Å². The van der Waals surface area contributed by atoms with Crippen LogP contribution in [-0.2, 0) is 0 Å². The van der Waals surface area contributed by atoms with Crippen molar-refractivity contribution < 1.29 is 9.47 Å². The minimum Gasteiger partial charge on any atom is -0.458 e. The lowest BCUT2D eigenvalue weighted by molar-refractivity contribution is 0.465.